The van der Waals surface area contributed by atoms with Crippen molar-refractivity contribution in [3.63, 3.8) is 0 Å². The van der Waals surface area contributed by atoms with Gasteiger partial charge in [-0.25, -0.2) is 9.37 Å². The van der Waals surface area contributed by atoms with E-state index in [0.717, 1.165) is 4.90 Å². The molecule has 2 N–H and O–H groups in total. The van der Waals surface area contributed by atoms with Gasteiger partial charge in [0.1, 0.15) is 5.82 Å². The Morgan fingerprint density at radius 1 is 1.43 bits per heavy atom. The lowest BCUT2D eigenvalue weighted by atomic mass is 10.2. The summed E-state index contributed by atoms with van der Waals surface area (Å²) in [5.41, 5.74) is 1.02. The van der Waals surface area contributed by atoms with Gasteiger partial charge >= 0.3 is 0 Å². The summed E-state index contributed by atoms with van der Waals surface area (Å²) in [6.45, 7) is 6.20. The molecule has 1 heterocycles. The van der Waals surface area contributed by atoms with Crippen molar-refractivity contribution >= 4 is 11.8 Å². The summed E-state index contributed by atoms with van der Waals surface area (Å²) in [5, 5.41) is 3.67. The van der Waals surface area contributed by atoms with Gasteiger partial charge in [-0.05, 0) is 19.1 Å². The Morgan fingerprint density at radius 3 is 2.86 bits per heavy atom. The van der Waals surface area contributed by atoms with Crippen molar-refractivity contribution in [3.05, 3.63) is 51.7 Å². The third-order valence-electron chi connectivity index (χ3n) is 2.82. The summed E-state index contributed by atoms with van der Waals surface area (Å²) in [5.74, 6) is -0.261. The van der Waals surface area contributed by atoms with E-state index in [1.165, 1.54) is 23.9 Å². The summed E-state index contributed by atoms with van der Waals surface area (Å²) in [4.78, 5) is 19.1. The van der Waals surface area contributed by atoms with Gasteiger partial charge in [-0.15, -0.1) is 0 Å². The lowest BCUT2D eigenvalue weighted by Crippen LogP contribution is -2.22. The number of benzene rings is 1. The topological polar surface area (TPSA) is 57.8 Å². The predicted molar refractivity (Wildman–Crippen MR) is 82.1 cm³/mol. The SMILES string of the molecule is Cc1cc(=O)[nH]c(Sc2cccc(F)c2CNC(C)C)n1. The first-order chi connectivity index (χ1) is 9.95. The number of aromatic nitrogens is 2. The van der Waals surface area contributed by atoms with Crippen LogP contribution in [0.4, 0.5) is 4.39 Å². The molecule has 6 heteroatoms. The number of aromatic amines is 1. The first kappa shape index (κ1) is 15.7. The molecule has 0 aliphatic heterocycles. The molecule has 0 aliphatic rings. The van der Waals surface area contributed by atoms with Crippen molar-refractivity contribution in [1.29, 1.82) is 0 Å². The molecule has 0 bridgehead atoms. The summed E-state index contributed by atoms with van der Waals surface area (Å²) >= 11 is 1.26. The molecule has 0 amide bonds. The van der Waals surface area contributed by atoms with Gasteiger partial charge in [-0.2, -0.15) is 0 Å². The molecule has 0 aliphatic carbocycles. The number of aryl methyl sites for hydroxylation is 1. The second-order valence-corrected chi connectivity index (χ2v) is 6.08. The zero-order valence-corrected chi connectivity index (χ0v) is 13.1. The zero-order chi connectivity index (χ0) is 15.4. The van der Waals surface area contributed by atoms with Crippen LogP contribution < -0.4 is 10.9 Å². The van der Waals surface area contributed by atoms with Gasteiger partial charge in [0.15, 0.2) is 5.16 Å². The van der Waals surface area contributed by atoms with Crippen LogP contribution in [0.25, 0.3) is 0 Å². The van der Waals surface area contributed by atoms with Crippen LogP contribution in [0.15, 0.2) is 39.1 Å². The zero-order valence-electron chi connectivity index (χ0n) is 12.2. The van der Waals surface area contributed by atoms with Gasteiger partial charge in [0.05, 0.1) is 0 Å². The molecule has 2 aromatic rings. The molecule has 0 spiro atoms. The molecule has 0 fully saturated rings. The van der Waals surface area contributed by atoms with E-state index in [1.54, 1.807) is 13.0 Å². The predicted octanol–water partition coefficient (Wildman–Crippen LogP) is 2.87. The van der Waals surface area contributed by atoms with Crippen molar-refractivity contribution in [1.82, 2.24) is 15.3 Å². The molecule has 4 nitrogen and oxygen atoms in total. The highest BCUT2D eigenvalue weighted by atomic mass is 32.2. The van der Waals surface area contributed by atoms with Crippen LogP contribution in [-0.2, 0) is 6.54 Å². The maximum atomic E-state index is 14.0. The molecule has 21 heavy (non-hydrogen) atoms. The van der Waals surface area contributed by atoms with Crippen LogP contribution in [0.2, 0.25) is 0 Å². The lowest BCUT2D eigenvalue weighted by Gasteiger charge is -2.13. The molecule has 2 rings (SSSR count). The minimum atomic E-state index is -0.261. The fourth-order valence-electron chi connectivity index (χ4n) is 1.82. The second kappa shape index (κ2) is 6.87. The normalized spacial score (nSPS) is 11.1. The second-order valence-electron chi connectivity index (χ2n) is 5.05. The highest BCUT2D eigenvalue weighted by Crippen LogP contribution is 2.29. The highest BCUT2D eigenvalue weighted by Gasteiger charge is 2.11. The summed E-state index contributed by atoms with van der Waals surface area (Å²) < 4.78 is 14.0. The van der Waals surface area contributed by atoms with E-state index in [9.17, 15) is 9.18 Å². The van der Waals surface area contributed by atoms with Gasteiger partial charge in [-0.1, -0.05) is 31.7 Å². The number of hydrogen-bond donors (Lipinski definition) is 2. The fraction of sp³-hybridized carbons (Fsp3) is 0.333. The summed E-state index contributed by atoms with van der Waals surface area (Å²) in [6, 6.07) is 6.61. The number of hydrogen-bond acceptors (Lipinski definition) is 4. The summed E-state index contributed by atoms with van der Waals surface area (Å²) in [7, 11) is 0. The molecular formula is C15H18FN3OS. The van der Waals surface area contributed by atoms with Crippen LogP contribution >= 0.6 is 11.8 Å². The Labute approximate surface area is 127 Å². The summed E-state index contributed by atoms with van der Waals surface area (Å²) in [6.07, 6.45) is 0. The monoisotopic (exact) mass is 307 g/mol. The molecule has 0 unspecified atom stereocenters. The van der Waals surface area contributed by atoms with E-state index >= 15 is 0 Å². The molecule has 0 saturated heterocycles. The van der Waals surface area contributed by atoms with Crippen molar-refractivity contribution < 1.29 is 4.39 Å². The Bertz CT molecular complexity index is 685. The van der Waals surface area contributed by atoms with E-state index in [4.69, 9.17) is 0 Å². The minimum absolute atomic E-state index is 0.205. The Kier molecular flexibility index (Phi) is 5.14. The first-order valence-electron chi connectivity index (χ1n) is 6.72. The van der Waals surface area contributed by atoms with Crippen LogP contribution in [0.1, 0.15) is 25.1 Å². The number of nitrogens with one attached hydrogen (secondary N) is 2. The molecular weight excluding hydrogens is 289 g/mol. The quantitative estimate of drug-likeness (QED) is 0.834. The maximum Gasteiger partial charge on any atom is 0.251 e. The number of rotatable bonds is 5. The van der Waals surface area contributed by atoms with Crippen molar-refractivity contribution in [3.8, 4) is 0 Å². The first-order valence-corrected chi connectivity index (χ1v) is 7.54. The van der Waals surface area contributed by atoms with Crippen molar-refractivity contribution in [2.24, 2.45) is 0 Å². The third-order valence-corrected chi connectivity index (χ3v) is 3.81. The number of H-pyrrole nitrogens is 1. The minimum Gasteiger partial charge on any atom is -0.310 e. The van der Waals surface area contributed by atoms with Crippen LogP contribution in [0, 0.1) is 12.7 Å². The number of nitrogens with zero attached hydrogens (tertiary/aromatic N) is 1. The fourth-order valence-corrected chi connectivity index (χ4v) is 2.81. The van der Waals surface area contributed by atoms with Gasteiger partial charge < -0.3 is 10.3 Å². The molecule has 112 valence electrons. The Hall–Kier alpha value is -1.66. The van der Waals surface area contributed by atoms with E-state index in [1.807, 2.05) is 19.9 Å². The standard InChI is InChI=1S/C15H18FN3OS/c1-9(2)17-8-11-12(16)5-4-6-13(11)21-15-18-10(3)7-14(20)19-15/h4-7,9,17H,8H2,1-3H3,(H,18,19,20). The van der Waals surface area contributed by atoms with E-state index < -0.39 is 0 Å². The smallest absolute Gasteiger partial charge is 0.251 e. The third kappa shape index (κ3) is 4.41. The molecule has 0 radical (unpaired) electrons. The molecule has 1 aromatic heterocycles. The molecule has 0 atom stereocenters. The average Bonchev–Trinajstić information content (AvgIpc) is 2.36. The molecule has 1 aromatic carbocycles. The van der Waals surface area contributed by atoms with E-state index in [0.29, 0.717) is 23.0 Å². The number of halogens is 1. The van der Waals surface area contributed by atoms with E-state index in [2.05, 4.69) is 15.3 Å². The largest absolute Gasteiger partial charge is 0.310 e. The van der Waals surface area contributed by atoms with Crippen LogP contribution in [0.5, 0.6) is 0 Å². The lowest BCUT2D eigenvalue weighted by molar-refractivity contribution is 0.546. The Balaban J connectivity index is 2.30. The van der Waals surface area contributed by atoms with Crippen molar-refractivity contribution in [2.45, 2.75) is 43.4 Å². The van der Waals surface area contributed by atoms with Crippen molar-refractivity contribution in [2.75, 3.05) is 0 Å². The van der Waals surface area contributed by atoms with Crippen LogP contribution in [-0.4, -0.2) is 16.0 Å². The molecule has 0 saturated carbocycles. The maximum absolute atomic E-state index is 14.0. The van der Waals surface area contributed by atoms with Gasteiger partial charge in [-0.3, -0.25) is 4.79 Å². The van der Waals surface area contributed by atoms with Gasteiger partial charge in [0.2, 0.25) is 0 Å². The average molecular weight is 307 g/mol. The van der Waals surface area contributed by atoms with Gasteiger partial charge in [0.25, 0.3) is 5.56 Å². The van der Waals surface area contributed by atoms with Crippen LogP contribution in [0.3, 0.4) is 0 Å². The van der Waals surface area contributed by atoms with Gasteiger partial charge in [0, 0.05) is 34.8 Å². The Morgan fingerprint density at radius 2 is 2.19 bits per heavy atom. The highest BCUT2D eigenvalue weighted by molar-refractivity contribution is 7.99. The van der Waals surface area contributed by atoms with E-state index in [-0.39, 0.29) is 17.4 Å².